The largest absolute Gasteiger partial charge is 0.344 e. The minimum absolute atomic E-state index is 0.0466. The van der Waals surface area contributed by atoms with Crippen molar-refractivity contribution in [3.63, 3.8) is 0 Å². The highest BCUT2D eigenvalue weighted by atomic mass is 35.5. The van der Waals surface area contributed by atoms with Crippen molar-refractivity contribution in [3.05, 3.63) is 0 Å². The smallest absolute Gasteiger partial charge is 0.222 e. The van der Waals surface area contributed by atoms with Crippen LogP contribution in [0, 0.1) is 23.2 Å². The van der Waals surface area contributed by atoms with Gasteiger partial charge in [-0.3, -0.25) is 4.79 Å². The van der Waals surface area contributed by atoms with Gasteiger partial charge in [-0.2, -0.15) is 0 Å². The Balaban J connectivity index is 1.64. The minimum Gasteiger partial charge on any atom is -0.344 e. The van der Waals surface area contributed by atoms with Gasteiger partial charge in [-0.05, 0) is 68.6 Å². The molecule has 1 atom stereocenters. The summed E-state index contributed by atoms with van der Waals surface area (Å²) in [6, 6.07) is 0. The van der Waals surface area contributed by atoms with Gasteiger partial charge >= 0.3 is 0 Å². The maximum atomic E-state index is 12.4. The predicted molar refractivity (Wildman–Crippen MR) is 78.2 cm³/mol. The summed E-state index contributed by atoms with van der Waals surface area (Å²) < 4.78 is 0. The lowest BCUT2D eigenvalue weighted by Gasteiger charge is -2.56. The standard InChI is InChI=1S/C16H26ClNO/c1-11(17)10-18(2)15(19)9-16-6-12-3-13(7-16)5-14(4-12)8-16/h11-14H,3-10H2,1-2H3. The minimum atomic E-state index is 0.0466. The summed E-state index contributed by atoms with van der Waals surface area (Å²) in [5.74, 6) is 3.10. The maximum Gasteiger partial charge on any atom is 0.222 e. The lowest BCUT2D eigenvalue weighted by Crippen LogP contribution is -2.48. The first kappa shape index (κ1) is 13.7. The molecule has 19 heavy (non-hydrogen) atoms. The van der Waals surface area contributed by atoms with E-state index in [2.05, 4.69) is 0 Å². The van der Waals surface area contributed by atoms with Crippen LogP contribution in [0.4, 0.5) is 0 Å². The first-order chi connectivity index (χ1) is 8.96. The van der Waals surface area contributed by atoms with E-state index in [9.17, 15) is 4.79 Å². The van der Waals surface area contributed by atoms with Gasteiger partial charge in [-0.15, -0.1) is 11.6 Å². The third-order valence-electron chi connectivity index (χ3n) is 5.64. The van der Waals surface area contributed by atoms with E-state index in [0.717, 1.165) is 24.2 Å². The van der Waals surface area contributed by atoms with Crippen LogP contribution in [-0.2, 0) is 4.79 Å². The van der Waals surface area contributed by atoms with Gasteiger partial charge in [0, 0.05) is 25.4 Å². The normalized spacial score (nSPS) is 41.3. The van der Waals surface area contributed by atoms with Gasteiger partial charge in [-0.25, -0.2) is 0 Å². The van der Waals surface area contributed by atoms with E-state index in [1.54, 1.807) is 0 Å². The molecule has 0 spiro atoms. The molecule has 4 saturated carbocycles. The first-order valence-electron chi connectivity index (χ1n) is 7.84. The van der Waals surface area contributed by atoms with Gasteiger partial charge in [0.05, 0.1) is 0 Å². The quantitative estimate of drug-likeness (QED) is 0.721. The van der Waals surface area contributed by atoms with Gasteiger partial charge in [0.2, 0.25) is 5.91 Å². The Hall–Kier alpha value is -0.240. The summed E-state index contributed by atoms with van der Waals surface area (Å²) in [6.07, 6.45) is 9.06. The first-order valence-corrected chi connectivity index (χ1v) is 8.27. The number of alkyl halides is 1. The van der Waals surface area contributed by atoms with Crippen molar-refractivity contribution in [1.29, 1.82) is 0 Å². The maximum absolute atomic E-state index is 12.4. The van der Waals surface area contributed by atoms with Crippen molar-refractivity contribution in [2.24, 2.45) is 23.2 Å². The number of hydrogen-bond donors (Lipinski definition) is 0. The number of amides is 1. The number of halogens is 1. The van der Waals surface area contributed by atoms with Gasteiger partial charge < -0.3 is 4.90 Å². The van der Waals surface area contributed by atoms with Crippen LogP contribution < -0.4 is 0 Å². The summed E-state index contributed by atoms with van der Waals surface area (Å²) in [5, 5.41) is 0.0466. The molecule has 108 valence electrons. The molecule has 0 radical (unpaired) electrons. The van der Waals surface area contributed by atoms with Crippen molar-refractivity contribution in [2.75, 3.05) is 13.6 Å². The fourth-order valence-corrected chi connectivity index (χ4v) is 5.65. The molecule has 0 aromatic heterocycles. The zero-order valence-corrected chi connectivity index (χ0v) is 13.0. The molecule has 0 aliphatic heterocycles. The fraction of sp³-hybridized carbons (Fsp3) is 0.938. The Morgan fingerprint density at radius 3 is 2.11 bits per heavy atom. The highest BCUT2D eigenvalue weighted by Crippen LogP contribution is 2.61. The Morgan fingerprint density at radius 2 is 1.68 bits per heavy atom. The average Bonchev–Trinajstić information content (AvgIpc) is 2.24. The van der Waals surface area contributed by atoms with Crippen molar-refractivity contribution >= 4 is 17.5 Å². The van der Waals surface area contributed by atoms with Crippen molar-refractivity contribution in [1.82, 2.24) is 4.90 Å². The molecular weight excluding hydrogens is 258 g/mol. The lowest BCUT2D eigenvalue weighted by atomic mass is 9.49. The third-order valence-corrected chi connectivity index (χ3v) is 5.78. The molecule has 0 aromatic carbocycles. The van der Waals surface area contributed by atoms with Crippen molar-refractivity contribution in [3.8, 4) is 0 Å². The van der Waals surface area contributed by atoms with Crippen LogP contribution in [0.15, 0.2) is 0 Å². The van der Waals surface area contributed by atoms with E-state index >= 15 is 0 Å². The summed E-state index contributed by atoms with van der Waals surface area (Å²) in [7, 11) is 1.90. The van der Waals surface area contributed by atoms with Gasteiger partial charge in [0.1, 0.15) is 0 Å². The molecule has 2 nitrogen and oxygen atoms in total. The van der Waals surface area contributed by atoms with Crippen LogP contribution in [0.3, 0.4) is 0 Å². The van der Waals surface area contributed by atoms with Crippen LogP contribution in [0.2, 0.25) is 0 Å². The molecule has 1 amide bonds. The van der Waals surface area contributed by atoms with Crippen LogP contribution in [0.1, 0.15) is 51.9 Å². The second-order valence-corrected chi connectivity index (χ2v) is 8.39. The molecule has 4 aliphatic rings. The highest BCUT2D eigenvalue weighted by molar-refractivity contribution is 6.20. The molecule has 0 heterocycles. The fourth-order valence-electron chi connectivity index (χ4n) is 5.44. The second kappa shape index (κ2) is 4.95. The number of carbonyl (C=O) groups excluding carboxylic acids is 1. The van der Waals surface area contributed by atoms with Gasteiger partial charge in [-0.1, -0.05) is 0 Å². The second-order valence-electron chi connectivity index (χ2n) is 7.65. The summed E-state index contributed by atoms with van der Waals surface area (Å²) >= 11 is 6.00. The Bertz CT molecular complexity index is 330. The number of rotatable bonds is 4. The monoisotopic (exact) mass is 283 g/mol. The third kappa shape index (κ3) is 2.79. The summed E-state index contributed by atoms with van der Waals surface area (Å²) in [5.41, 5.74) is 0.357. The van der Waals surface area contributed by atoms with Crippen molar-refractivity contribution in [2.45, 2.75) is 57.2 Å². The Kier molecular flexibility index (Phi) is 3.57. The number of nitrogens with zero attached hydrogens (tertiary/aromatic N) is 1. The van der Waals surface area contributed by atoms with E-state index in [-0.39, 0.29) is 5.38 Å². The zero-order valence-electron chi connectivity index (χ0n) is 12.2. The predicted octanol–water partition coefficient (Wildman–Crippen LogP) is 3.68. The highest BCUT2D eigenvalue weighted by Gasteiger charge is 2.51. The van der Waals surface area contributed by atoms with Crippen LogP contribution in [0.25, 0.3) is 0 Å². The van der Waals surface area contributed by atoms with E-state index in [1.165, 1.54) is 38.5 Å². The SMILES string of the molecule is CC(Cl)CN(C)C(=O)CC12CC3CC(CC(C3)C1)C2. The lowest BCUT2D eigenvalue weighted by molar-refractivity contribution is -0.138. The molecule has 0 saturated heterocycles. The average molecular weight is 284 g/mol. The molecule has 4 fully saturated rings. The molecule has 3 heteroatoms. The van der Waals surface area contributed by atoms with Crippen LogP contribution >= 0.6 is 11.6 Å². The zero-order chi connectivity index (χ0) is 13.6. The molecule has 4 rings (SSSR count). The molecule has 0 aromatic rings. The van der Waals surface area contributed by atoms with Gasteiger partial charge in [0.25, 0.3) is 0 Å². The topological polar surface area (TPSA) is 20.3 Å². The van der Waals surface area contributed by atoms with Crippen LogP contribution in [-0.4, -0.2) is 29.8 Å². The van der Waals surface area contributed by atoms with E-state index in [0.29, 0.717) is 17.9 Å². The Morgan fingerprint density at radius 1 is 1.21 bits per heavy atom. The summed E-state index contributed by atoms with van der Waals surface area (Å²) in [6.45, 7) is 2.63. The van der Waals surface area contributed by atoms with E-state index < -0.39 is 0 Å². The molecule has 4 aliphatic carbocycles. The van der Waals surface area contributed by atoms with Crippen LogP contribution in [0.5, 0.6) is 0 Å². The molecule has 0 N–H and O–H groups in total. The van der Waals surface area contributed by atoms with E-state index in [1.807, 2.05) is 18.9 Å². The van der Waals surface area contributed by atoms with E-state index in [4.69, 9.17) is 11.6 Å². The Labute approximate surface area is 121 Å². The molecular formula is C16H26ClNO. The van der Waals surface area contributed by atoms with Crippen molar-refractivity contribution < 1.29 is 4.79 Å². The molecule has 1 unspecified atom stereocenters. The number of carbonyl (C=O) groups is 1. The van der Waals surface area contributed by atoms with Gasteiger partial charge in [0.15, 0.2) is 0 Å². The summed E-state index contributed by atoms with van der Waals surface area (Å²) in [4.78, 5) is 14.3. The molecule has 4 bridgehead atoms. The number of hydrogen-bond acceptors (Lipinski definition) is 1.